The summed E-state index contributed by atoms with van der Waals surface area (Å²) in [5.74, 6) is 1.55. The van der Waals surface area contributed by atoms with E-state index in [-0.39, 0.29) is 0 Å². The third-order valence-corrected chi connectivity index (χ3v) is 4.07. The lowest BCUT2D eigenvalue weighted by atomic mass is 9.97. The highest BCUT2D eigenvalue weighted by Gasteiger charge is 2.11. The van der Waals surface area contributed by atoms with Gasteiger partial charge in [-0.15, -0.1) is 0 Å². The zero-order valence-electron chi connectivity index (χ0n) is 13.0. The molecule has 3 heteroatoms. The second-order valence-corrected chi connectivity index (χ2v) is 5.27. The van der Waals surface area contributed by atoms with Crippen LogP contribution in [0.1, 0.15) is 35.6 Å². The van der Waals surface area contributed by atoms with Gasteiger partial charge in [0.25, 0.3) is 0 Å². The summed E-state index contributed by atoms with van der Waals surface area (Å²) in [4.78, 5) is 0. The van der Waals surface area contributed by atoms with Crippen LogP contribution in [0, 0.1) is 26.7 Å². The fraction of sp³-hybridized carbons (Fsp3) is 0.625. The monoisotopic (exact) mass is 264 g/mol. The topological polar surface area (TPSA) is 47.3 Å². The third kappa shape index (κ3) is 3.95. The molecule has 0 fully saturated rings. The maximum Gasteiger partial charge on any atom is 0.122 e. The maximum absolute atomic E-state index is 5.73. The van der Waals surface area contributed by atoms with Crippen LogP contribution in [0.4, 0.5) is 0 Å². The first-order valence-electron chi connectivity index (χ1n) is 7.09. The highest BCUT2D eigenvalue weighted by molar-refractivity contribution is 5.48. The summed E-state index contributed by atoms with van der Waals surface area (Å²) >= 11 is 0. The third-order valence-electron chi connectivity index (χ3n) is 4.07. The molecule has 0 saturated carbocycles. The van der Waals surface area contributed by atoms with Crippen LogP contribution in [-0.4, -0.2) is 20.2 Å². The Bertz CT molecular complexity index is 412. The maximum atomic E-state index is 5.73. The zero-order valence-corrected chi connectivity index (χ0v) is 13.0. The van der Waals surface area contributed by atoms with Gasteiger partial charge in [-0.3, -0.25) is 0 Å². The molecular formula is C16H28N2O. The van der Waals surface area contributed by atoms with Gasteiger partial charge in [0.1, 0.15) is 5.75 Å². The summed E-state index contributed by atoms with van der Waals surface area (Å²) in [7, 11) is 1.73. The molecule has 3 N–H and O–H groups in total. The van der Waals surface area contributed by atoms with Crippen LogP contribution in [0.15, 0.2) is 6.07 Å². The molecule has 1 aromatic rings. The van der Waals surface area contributed by atoms with E-state index in [4.69, 9.17) is 10.5 Å². The van der Waals surface area contributed by atoms with Gasteiger partial charge in [0, 0.05) is 6.54 Å². The average Bonchev–Trinajstić information content (AvgIpc) is 2.42. The Balaban J connectivity index is 2.76. The number of hydrogen-bond donors (Lipinski definition) is 2. The summed E-state index contributed by atoms with van der Waals surface area (Å²) in [5, 5.41) is 3.53. The lowest BCUT2D eigenvalue weighted by Gasteiger charge is -2.18. The van der Waals surface area contributed by atoms with Gasteiger partial charge in [0.2, 0.25) is 0 Å². The fourth-order valence-corrected chi connectivity index (χ4v) is 2.38. The van der Waals surface area contributed by atoms with Crippen molar-refractivity contribution in [2.75, 3.05) is 20.2 Å². The van der Waals surface area contributed by atoms with Crippen molar-refractivity contribution in [2.24, 2.45) is 11.7 Å². The van der Waals surface area contributed by atoms with Gasteiger partial charge in [-0.05, 0) is 68.1 Å². The van der Waals surface area contributed by atoms with Crippen molar-refractivity contribution in [3.63, 3.8) is 0 Å². The van der Waals surface area contributed by atoms with Gasteiger partial charge in [-0.25, -0.2) is 0 Å². The van der Waals surface area contributed by atoms with E-state index < -0.39 is 0 Å². The SMILES string of the molecule is CCC(CN)CNCc1c(C)cc(OC)c(C)c1C. The number of ether oxygens (including phenoxy) is 1. The molecule has 1 rings (SSSR count). The van der Waals surface area contributed by atoms with E-state index in [2.05, 4.69) is 39.1 Å². The van der Waals surface area contributed by atoms with Gasteiger partial charge in [-0.1, -0.05) is 13.3 Å². The molecule has 1 unspecified atom stereocenters. The number of methoxy groups -OCH3 is 1. The number of nitrogens with one attached hydrogen (secondary N) is 1. The first-order valence-corrected chi connectivity index (χ1v) is 7.09. The first-order chi connectivity index (χ1) is 9.04. The minimum Gasteiger partial charge on any atom is -0.496 e. The molecule has 0 radical (unpaired) electrons. The second-order valence-electron chi connectivity index (χ2n) is 5.27. The van der Waals surface area contributed by atoms with Crippen LogP contribution in [0.3, 0.4) is 0 Å². The lowest BCUT2D eigenvalue weighted by Crippen LogP contribution is -2.28. The Morgan fingerprint density at radius 1 is 1.26 bits per heavy atom. The number of benzene rings is 1. The molecule has 0 bridgehead atoms. The summed E-state index contributed by atoms with van der Waals surface area (Å²) < 4.78 is 5.40. The van der Waals surface area contributed by atoms with Gasteiger partial charge < -0.3 is 15.8 Å². The van der Waals surface area contributed by atoms with Crippen molar-refractivity contribution in [3.8, 4) is 5.75 Å². The lowest BCUT2D eigenvalue weighted by molar-refractivity contribution is 0.410. The number of aryl methyl sites for hydroxylation is 1. The Labute approximate surface area is 117 Å². The highest BCUT2D eigenvalue weighted by Crippen LogP contribution is 2.27. The van der Waals surface area contributed by atoms with E-state index in [9.17, 15) is 0 Å². The smallest absolute Gasteiger partial charge is 0.122 e. The van der Waals surface area contributed by atoms with Crippen LogP contribution in [-0.2, 0) is 6.54 Å². The molecule has 1 atom stereocenters. The fourth-order valence-electron chi connectivity index (χ4n) is 2.38. The average molecular weight is 264 g/mol. The molecule has 1 aromatic carbocycles. The largest absolute Gasteiger partial charge is 0.496 e. The molecule has 0 aliphatic carbocycles. The van der Waals surface area contributed by atoms with Gasteiger partial charge in [0.05, 0.1) is 7.11 Å². The number of nitrogens with two attached hydrogens (primary N) is 1. The van der Waals surface area contributed by atoms with E-state index in [0.717, 1.165) is 31.8 Å². The van der Waals surface area contributed by atoms with Crippen molar-refractivity contribution >= 4 is 0 Å². The van der Waals surface area contributed by atoms with Crippen LogP contribution in [0.5, 0.6) is 5.75 Å². The molecule has 108 valence electrons. The molecule has 0 amide bonds. The molecule has 0 aliphatic heterocycles. The second kappa shape index (κ2) is 7.51. The minimum absolute atomic E-state index is 0.569. The van der Waals surface area contributed by atoms with E-state index in [0.29, 0.717) is 5.92 Å². The molecular weight excluding hydrogens is 236 g/mol. The van der Waals surface area contributed by atoms with Gasteiger partial charge >= 0.3 is 0 Å². The Kier molecular flexibility index (Phi) is 6.32. The predicted molar refractivity (Wildman–Crippen MR) is 81.7 cm³/mol. The van der Waals surface area contributed by atoms with Crippen LogP contribution < -0.4 is 15.8 Å². The zero-order chi connectivity index (χ0) is 14.4. The summed E-state index contributed by atoms with van der Waals surface area (Å²) in [6.45, 7) is 11.3. The Hall–Kier alpha value is -1.06. The van der Waals surface area contributed by atoms with E-state index in [1.54, 1.807) is 7.11 Å². The van der Waals surface area contributed by atoms with Crippen molar-refractivity contribution in [1.82, 2.24) is 5.32 Å². The molecule has 0 aliphatic rings. The Morgan fingerprint density at radius 3 is 2.47 bits per heavy atom. The summed E-state index contributed by atoms with van der Waals surface area (Å²) in [5.41, 5.74) is 10.9. The molecule has 19 heavy (non-hydrogen) atoms. The van der Waals surface area contributed by atoms with Crippen LogP contribution >= 0.6 is 0 Å². The van der Waals surface area contributed by atoms with Gasteiger partial charge in [0.15, 0.2) is 0 Å². The molecule has 3 nitrogen and oxygen atoms in total. The minimum atomic E-state index is 0.569. The summed E-state index contributed by atoms with van der Waals surface area (Å²) in [6, 6.07) is 2.12. The van der Waals surface area contributed by atoms with E-state index in [1.165, 1.54) is 22.3 Å². The highest BCUT2D eigenvalue weighted by atomic mass is 16.5. The van der Waals surface area contributed by atoms with Crippen LogP contribution in [0.2, 0.25) is 0 Å². The van der Waals surface area contributed by atoms with Crippen molar-refractivity contribution in [2.45, 2.75) is 40.7 Å². The Morgan fingerprint density at radius 2 is 1.95 bits per heavy atom. The quantitative estimate of drug-likeness (QED) is 0.796. The molecule has 0 heterocycles. The van der Waals surface area contributed by atoms with Crippen molar-refractivity contribution in [3.05, 3.63) is 28.3 Å². The normalized spacial score (nSPS) is 12.5. The molecule has 0 spiro atoms. The van der Waals surface area contributed by atoms with Gasteiger partial charge in [-0.2, -0.15) is 0 Å². The molecule has 0 aromatic heterocycles. The van der Waals surface area contributed by atoms with Crippen LogP contribution in [0.25, 0.3) is 0 Å². The first kappa shape index (κ1) is 16.0. The predicted octanol–water partition coefficient (Wildman–Crippen LogP) is 2.69. The summed E-state index contributed by atoms with van der Waals surface area (Å²) in [6.07, 6.45) is 1.13. The van der Waals surface area contributed by atoms with E-state index in [1.807, 2.05) is 0 Å². The molecule has 0 saturated heterocycles. The number of rotatable bonds is 7. The van der Waals surface area contributed by atoms with E-state index >= 15 is 0 Å². The van der Waals surface area contributed by atoms with Crippen molar-refractivity contribution in [1.29, 1.82) is 0 Å². The standard InChI is InChI=1S/C16H28N2O/c1-6-14(8-17)9-18-10-15-11(2)7-16(19-5)13(4)12(15)3/h7,14,18H,6,8-10,17H2,1-5H3. The number of hydrogen-bond acceptors (Lipinski definition) is 3. The van der Waals surface area contributed by atoms with Crippen molar-refractivity contribution < 1.29 is 4.74 Å².